The zero-order chi connectivity index (χ0) is 14.8. The van der Waals surface area contributed by atoms with Gasteiger partial charge in [0.2, 0.25) is 0 Å². The van der Waals surface area contributed by atoms with Gasteiger partial charge >= 0.3 is 0 Å². The Balaban J connectivity index is 1.45. The predicted molar refractivity (Wildman–Crippen MR) is 84.8 cm³/mol. The van der Waals surface area contributed by atoms with Gasteiger partial charge in [0.15, 0.2) is 6.29 Å². The summed E-state index contributed by atoms with van der Waals surface area (Å²) in [6, 6.07) is 9.03. The molecule has 1 aromatic rings. The largest absolute Gasteiger partial charge is 0.346 e. The summed E-state index contributed by atoms with van der Waals surface area (Å²) >= 11 is 0. The van der Waals surface area contributed by atoms with Gasteiger partial charge in [-0.15, -0.1) is 0 Å². The summed E-state index contributed by atoms with van der Waals surface area (Å²) in [5, 5.41) is 10.6. The molecule has 3 aliphatic heterocycles. The lowest BCUT2D eigenvalue weighted by atomic mass is 10.1. The van der Waals surface area contributed by atoms with E-state index in [4.69, 9.17) is 14.6 Å². The molecule has 0 aromatic heterocycles. The Bertz CT molecular complexity index is 531. The summed E-state index contributed by atoms with van der Waals surface area (Å²) < 4.78 is 11.1. The number of hydrazone groups is 1. The minimum atomic E-state index is -0.190. The van der Waals surface area contributed by atoms with E-state index < -0.39 is 0 Å². The fourth-order valence-electron chi connectivity index (χ4n) is 3.41. The van der Waals surface area contributed by atoms with E-state index in [0.29, 0.717) is 19.3 Å². The van der Waals surface area contributed by atoms with Gasteiger partial charge < -0.3 is 14.8 Å². The van der Waals surface area contributed by atoms with Crippen LogP contribution in [0.4, 0.5) is 0 Å². The standard InChI is InChI=1S/C17H23N3O2/c1-2-15(12-18-8-1)20-9-7-16(19-20)13-3-5-14(6-4-13)17-21-10-11-22-17/h3-6,15,17-18H,1-2,7-12H2/t15-/m1/s1. The van der Waals surface area contributed by atoms with Crippen molar-refractivity contribution in [3.63, 3.8) is 0 Å². The Labute approximate surface area is 131 Å². The molecule has 0 spiro atoms. The minimum Gasteiger partial charge on any atom is -0.346 e. The predicted octanol–water partition coefficient (Wildman–Crippen LogP) is 1.89. The zero-order valence-corrected chi connectivity index (χ0v) is 12.8. The third-order valence-electron chi connectivity index (χ3n) is 4.66. The lowest BCUT2D eigenvalue weighted by Crippen LogP contribution is -2.42. The Morgan fingerprint density at radius 1 is 1.14 bits per heavy atom. The molecule has 118 valence electrons. The van der Waals surface area contributed by atoms with Crippen LogP contribution in [0.3, 0.4) is 0 Å². The van der Waals surface area contributed by atoms with Crippen molar-refractivity contribution in [3.8, 4) is 0 Å². The molecule has 2 fully saturated rings. The number of benzene rings is 1. The molecule has 0 aliphatic carbocycles. The topological polar surface area (TPSA) is 46.1 Å². The number of nitrogens with zero attached hydrogens (tertiary/aromatic N) is 2. The van der Waals surface area contributed by atoms with Crippen molar-refractivity contribution in [2.75, 3.05) is 32.8 Å². The monoisotopic (exact) mass is 301 g/mol. The van der Waals surface area contributed by atoms with Crippen LogP contribution in [0.2, 0.25) is 0 Å². The number of nitrogens with one attached hydrogen (secondary N) is 1. The maximum Gasteiger partial charge on any atom is 0.184 e. The van der Waals surface area contributed by atoms with Crippen LogP contribution in [0.1, 0.15) is 36.7 Å². The first kappa shape index (κ1) is 14.2. The molecule has 2 saturated heterocycles. The molecule has 1 N–H and O–H groups in total. The van der Waals surface area contributed by atoms with Gasteiger partial charge in [-0.05, 0) is 24.9 Å². The third-order valence-corrected chi connectivity index (χ3v) is 4.66. The highest BCUT2D eigenvalue weighted by Crippen LogP contribution is 2.25. The van der Waals surface area contributed by atoms with Crippen LogP contribution in [0, 0.1) is 0 Å². The highest BCUT2D eigenvalue weighted by atomic mass is 16.7. The number of piperidine rings is 1. The van der Waals surface area contributed by atoms with Crippen molar-refractivity contribution in [2.24, 2.45) is 5.10 Å². The lowest BCUT2D eigenvalue weighted by molar-refractivity contribution is -0.0441. The Hall–Kier alpha value is -1.43. The number of hydrogen-bond donors (Lipinski definition) is 1. The van der Waals surface area contributed by atoms with Gasteiger partial charge in [-0.3, -0.25) is 5.01 Å². The summed E-state index contributed by atoms with van der Waals surface area (Å²) in [6.07, 6.45) is 3.34. The second-order valence-electron chi connectivity index (χ2n) is 6.16. The van der Waals surface area contributed by atoms with Crippen molar-refractivity contribution in [2.45, 2.75) is 31.6 Å². The average molecular weight is 301 g/mol. The van der Waals surface area contributed by atoms with Gasteiger partial charge in [-0.1, -0.05) is 24.3 Å². The van der Waals surface area contributed by atoms with Crippen LogP contribution >= 0.6 is 0 Å². The van der Waals surface area contributed by atoms with Gasteiger partial charge in [0.25, 0.3) is 0 Å². The maximum absolute atomic E-state index is 5.53. The third kappa shape index (κ3) is 2.89. The molecule has 4 rings (SSSR count). The summed E-state index contributed by atoms with van der Waals surface area (Å²) in [4.78, 5) is 0. The van der Waals surface area contributed by atoms with Gasteiger partial charge in [0.05, 0.1) is 25.0 Å². The first-order valence-corrected chi connectivity index (χ1v) is 8.28. The van der Waals surface area contributed by atoms with Crippen LogP contribution in [0.5, 0.6) is 0 Å². The van der Waals surface area contributed by atoms with Crippen LogP contribution in [0.15, 0.2) is 29.4 Å². The van der Waals surface area contributed by atoms with E-state index in [0.717, 1.165) is 31.6 Å². The maximum atomic E-state index is 5.53. The smallest absolute Gasteiger partial charge is 0.184 e. The molecule has 5 nitrogen and oxygen atoms in total. The van der Waals surface area contributed by atoms with Crippen LogP contribution in [-0.2, 0) is 9.47 Å². The van der Waals surface area contributed by atoms with E-state index in [1.807, 2.05) is 0 Å². The van der Waals surface area contributed by atoms with Crippen molar-refractivity contribution in [3.05, 3.63) is 35.4 Å². The molecule has 0 radical (unpaired) electrons. The van der Waals surface area contributed by atoms with Gasteiger partial charge in [-0.2, -0.15) is 5.10 Å². The lowest BCUT2D eigenvalue weighted by Gasteiger charge is -2.29. The highest BCUT2D eigenvalue weighted by Gasteiger charge is 2.25. The molecule has 0 amide bonds. The molecular formula is C17H23N3O2. The SMILES string of the molecule is c1cc(C2OCCO2)ccc1C1=NN([C@@H]2CCCNC2)CC1. The molecule has 22 heavy (non-hydrogen) atoms. The fraction of sp³-hybridized carbons (Fsp3) is 0.588. The summed E-state index contributed by atoms with van der Waals surface area (Å²) in [5.41, 5.74) is 3.51. The van der Waals surface area contributed by atoms with E-state index in [1.54, 1.807) is 0 Å². The van der Waals surface area contributed by atoms with E-state index in [-0.39, 0.29) is 6.29 Å². The van der Waals surface area contributed by atoms with E-state index in [2.05, 4.69) is 34.6 Å². The van der Waals surface area contributed by atoms with E-state index in [9.17, 15) is 0 Å². The van der Waals surface area contributed by atoms with Crippen LogP contribution in [0.25, 0.3) is 0 Å². The molecule has 3 aliphatic rings. The quantitative estimate of drug-likeness (QED) is 0.926. The van der Waals surface area contributed by atoms with Gasteiger partial charge in [0.1, 0.15) is 0 Å². The molecule has 3 heterocycles. The summed E-state index contributed by atoms with van der Waals surface area (Å²) in [5.74, 6) is 0. The van der Waals surface area contributed by atoms with Crippen molar-refractivity contribution in [1.82, 2.24) is 10.3 Å². The first-order valence-electron chi connectivity index (χ1n) is 8.28. The molecule has 1 aromatic carbocycles. The zero-order valence-electron chi connectivity index (χ0n) is 12.8. The molecular weight excluding hydrogens is 278 g/mol. The van der Waals surface area contributed by atoms with E-state index in [1.165, 1.54) is 24.1 Å². The summed E-state index contributed by atoms with van der Waals surface area (Å²) in [6.45, 7) is 4.62. The second-order valence-corrected chi connectivity index (χ2v) is 6.16. The molecule has 1 atom stereocenters. The average Bonchev–Trinajstić information content (AvgIpc) is 3.28. The molecule has 0 saturated carbocycles. The van der Waals surface area contributed by atoms with Crippen molar-refractivity contribution in [1.29, 1.82) is 0 Å². The highest BCUT2D eigenvalue weighted by molar-refractivity contribution is 6.01. The summed E-state index contributed by atoms with van der Waals surface area (Å²) in [7, 11) is 0. The Morgan fingerprint density at radius 3 is 2.68 bits per heavy atom. The normalized spacial score (nSPS) is 26.5. The van der Waals surface area contributed by atoms with E-state index >= 15 is 0 Å². The number of hydrogen-bond acceptors (Lipinski definition) is 5. The number of ether oxygens (including phenoxy) is 2. The molecule has 0 bridgehead atoms. The molecule has 5 heteroatoms. The Morgan fingerprint density at radius 2 is 1.95 bits per heavy atom. The molecule has 0 unspecified atom stereocenters. The number of rotatable bonds is 3. The van der Waals surface area contributed by atoms with Crippen LogP contribution in [-0.4, -0.2) is 49.6 Å². The van der Waals surface area contributed by atoms with Crippen LogP contribution < -0.4 is 5.32 Å². The first-order chi connectivity index (χ1) is 10.9. The van der Waals surface area contributed by atoms with Gasteiger partial charge in [0, 0.05) is 25.1 Å². The fourth-order valence-corrected chi connectivity index (χ4v) is 3.41. The van der Waals surface area contributed by atoms with Crippen molar-refractivity contribution < 1.29 is 9.47 Å². The minimum absolute atomic E-state index is 0.190. The van der Waals surface area contributed by atoms with Crippen molar-refractivity contribution >= 4 is 5.71 Å². The second kappa shape index (κ2) is 6.36. The van der Waals surface area contributed by atoms with Gasteiger partial charge in [-0.25, -0.2) is 0 Å². The Kier molecular flexibility index (Phi) is 4.10.